The molecule has 11 heteroatoms. The van der Waals surface area contributed by atoms with Crippen molar-refractivity contribution in [3.8, 4) is 11.1 Å². The van der Waals surface area contributed by atoms with Gasteiger partial charge in [-0.3, -0.25) is 14.2 Å². The summed E-state index contributed by atoms with van der Waals surface area (Å²) >= 11 is 0. The second-order valence-corrected chi connectivity index (χ2v) is 8.53. The summed E-state index contributed by atoms with van der Waals surface area (Å²) in [5.41, 5.74) is 1.26. The maximum Gasteiger partial charge on any atom is 0.414 e. The van der Waals surface area contributed by atoms with Gasteiger partial charge in [-0.25, -0.2) is 19.0 Å². The first-order chi connectivity index (χ1) is 16.1. The van der Waals surface area contributed by atoms with E-state index >= 15 is 0 Å². The van der Waals surface area contributed by atoms with E-state index in [1.165, 1.54) is 24.1 Å². The Morgan fingerprint density at radius 2 is 2.03 bits per heavy atom. The van der Waals surface area contributed by atoms with Gasteiger partial charge in [0.15, 0.2) is 6.10 Å². The molecule has 3 rings (SSSR count). The second kappa shape index (κ2) is 10.6. The van der Waals surface area contributed by atoms with Crippen LogP contribution in [0.3, 0.4) is 0 Å². The van der Waals surface area contributed by atoms with Gasteiger partial charge in [0.2, 0.25) is 5.91 Å². The summed E-state index contributed by atoms with van der Waals surface area (Å²) in [6.45, 7) is 2.22. The molecule has 0 saturated carbocycles. The Hall–Kier alpha value is -3.57. The molecule has 10 nitrogen and oxygen atoms in total. The highest BCUT2D eigenvalue weighted by molar-refractivity contribution is 5.90. The van der Waals surface area contributed by atoms with Crippen LogP contribution in [0.2, 0.25) is 0 Å². The van der Waals surface area contributed by atoms with E-state index in [4.69, 9.17) is 9.84 Å². The van der Waals surface area contributed by atoms with Crippen molar-refractivity contribution in [1.82, 2.24) is 10.3 Å². The topological polar surface area (TPSA) is 121 Å². The zero-order chi connectivity index (χ0) is 24.9. The van der Waals surface area contributed by atoms with Crippen LogP contribution in [0.4, 0.5) is 20.7 Å². The second-order valence-electron chi connectivity index (χ2n) is 8.53. The molecule has 1 unspecified atom stereocenters. The van der Waals surface area contributed by atoms with Gasteiger partial charge in [-0.05, 0) is 30.3 Å². The van der Waals surface area contributed by atoms with Crippen molar-refractivity contribution in [2.24, 2.45) is 0 Å². The van der Waals surface area contributed by atoms with Crippen LogP contribution in [0, 0.1) is 5.82 Å². The third-order valence-electron chi connectivity index (χ3n) is 5.62. The molecule has 0 spiro atoms. The van der Waals surface area contributed by atoms with E-state index in [0.717, 1.165) is 0 Å². The van der Waals surface area contributed by atoms with E-state index in [1.54, 1.807) is 38.4 Å². The number of ether oxygens (including phenoxy) is 1. The van der Waals surface area contributed by atoms with Crippen molar-refractivity contribution in [1.29, 1.82) is 0 Å². The highest BCUT2D eigenvalue weighted by Gasteiger charge is 2.38. The number of likely N-dealkylation sites (N-methyl/N-ethyl adjacent to an activating group) is 1. The van der Waals surface area contributed by atoms with Crippen LogP contribution in [0.5, 0.6) is 0 Å². The molecule has 1 saturated heterocycles. The Bertz CT molecular complexity index is 1060. The molecule has 1 aliphatic heterocycles. The van der Waals surface area contributed by atoms with Crippen LogP contribution in [-0.2, 0) is 14.3 Å². The van der Waals surface area contributed by atoms with Gasteiger partial charge in [-0.2, -0.15) is 0 Å². The molecule has 2 heterocycles. The zero-order valence-electron chi connectivity index (χ0n) is 19.4. The number of hydrogen-bond donors (Lipinski definition) is 3. The predicted molar refractivity (Wildman–Crippen MR) is 123 cm³/mol. The number of aliphatic hydroxyl groups is 1. The number of nitrogens with one attached hydrogen (secondary N) is 2. The summed E-state index contributed by atoms with van der Waals surface area (Å²) < 4.78 is 20.4. The van der Waals surface area contributed by atoms with Gasteiger partial charge in [0, 0.05) is 30.4 Å². The van der Waals surface area contributed by atoms with E-state index in [1.807, 2.05) is 0 Å². The third-order valence-corrected chi connectivity index (χ3v) is 5.62. The number of quaternary nitrogens is 1. The fraction of sp³-hybridized carbons (Fsp3) is 0.391. The number of aliphatic hydroxyl groups excluding tert-OH is 1. The Kier molecular flexibility index (Phi) is 7.79. The van der Waals surface area contributed by atoms with E-state index in [2.05, 4.69) is 15.6 Å². The number of anilines is 2. The lowest BCUT2D eigenvalue weighted by atomic mass is 10.1. The molecule has 3 amide bonds. The standard InChI is InChI=1S/C23H28FN5O5/c1-15(31)29(2,3)13-18-12-28(23(33)34-18)17-5-6-19(20(24)10-17)16-4-7-21(27-11-16)25-8-9-26-22(32)14-30/h4-7,10-11,18,30H,8-9,12-14H2,1-3H3,(H-,25,26,27,32)/p+1. The summed E-state index contributed by atoms with van der Waals surface area (Å²) in [5.74, 6) is -0.464. The Morgan fingerprint density at radius 3 is 2.65 bits per heavy atom. The monoisotopic (exact) mass is 474 g/mol. The molecule has 182 valence electrons. The van der Waals surface area contributed by atoms with Crippen LogP contribution in [0.25, 0.3) is 11.1 Å². The average Bonchev–Trinajstić information content (AvgIpc) is 3.16. The van der Waals surface area contributed by atoms with Crippen LogP contribution in [0.1, 0.15) is 6.92 Å². The van der Waals surface area contributed by atoms with Gasteiger partial charge in [-0.1, -0.05) is 0 Å². The van der Waals surface area contributed by atoms with Crippen LogP contribution >= 0.6 is 0 Å². The van der Waals surface area contributed by atoms with Gasteiger partial charge in [0.05, 0.1) is 33.3 Å². The molecule has 1 aromatic heterocycles. The number of pyridine rings is 1. The summed E-state index contributed by atoms with van der Waals surface area (Å²) in [6.07, 6.45) is 0.470. The summed E-state index contributed by atoms with van der Waals surface area (Å²) in [5, 5.41) is 14.2. The Balaban J connectivity index is 1.63. The Labute approximate surface area is 196 Å². The lowest BCUT2D eigenvalue weighted by Gasteiger charge is -2.27. The normalized spacial score (nSPS) is 15.7. The predicted octanol–water partition coefficient (Wildman–Crippen LogP) is 1.36. The van der Waals surface area contributed by atoms with E-state index in [9.17, 15) is 18.8 Å². The molecular formula is C23H29FN5O5+. The molecule has 0 bridgehead atoms. The third kappa shape index (κ3) is 6.06. The number of nitrogens with zero attached hydrogens (tertiary/aromatic N) is 3. The number of cyclic esters (lactones) is 1. The van der Waals surface area contributed by atoms with Gasteiger partial charge in [0.25, 0.3) is 0 Å². The van der Waals surface area contributed by atoms with Crippen molar-refractivity contribution >= 4 is 29.4 Å². The minimum Gasteiger partial charge on any atom is -0.438 e. The van der Waals surface area contributed by atoms with E-state index in [0.29, 0.717) is 42.3 Å². The highest BCUT2D eigenvalue weighted by Crippen LogP contribution is 2.29. The smallest absolute Gasteiger partial charge is 0.414 e. The molecule has 3 N–H and O–H groups in total. The number of benzene rings is 1. The summed E-state index contributed by atoms with van der Waals surface area (Å²) in [4.78, 5) is 40.7. The van der Waals surface area contributed by atoms with Crippen molar-refractivity contribution in [3.05, 3.63) is 42.3 Å². The molecule has 1 atom stereocenters. The molecule has 1 aromatic carbocycles. The zero-order valence-corrected chi connectivity index (χ0v) is 19.4. The molecule has 0 aliphatic carbocycles. The quantitative estimate of drug-likeness (QED) is 0.371. The summed E-state index contributed by atoms with van der Waals surface area (Å²) in [6, 6.07) is 7.90. The average molecular weight is 475 g/mol. The van der Waals surface area contributed by atoms with Gasteiger partial charge in [0.1, 0.15) is 24.8 Å². The minimum atomic E-state index is -0.576. The Morgan fingerprint density at radius 1 is 1.26 bits per heavy atom. The van der Waals surface area contributed by atoms with Crippen LogP contribution < -0.4 is 15.5 Å². The first-order valence-electron chi connectivity index (χ1n) is 10.8. The molecule has 1 fully saturated rings. The van der Waals surface area contributed by atoms with Gasteiger partial charge in [-0.15, -0.1) is 0 Å². The van der Waals surface area contributed by atoms with Crippen molar-refractivity contribution in [2.75, 3.05) is 57.1 Å². The van der Waals surface area contributed by atoms with E-state index in [-0.39, 0.29) is 16.9 Å². The van der Waals surface area contributed by atoms with Crippen molar-refractivity contribution < 1.29 is 33.1 Å². The highest BCUT2D eigenvalue weighted by atomic mass is 19.1. The number of aromatic nitrogens is 1. The molecular weight excluding hydrogens is 445 g/mol. The molecule has 34 heavy (non-hydrogen) atoms. The molecule has 0 radical (unpaired) electrons. The minimum absolute atomic E-state index is 0.0480. The summed E-state index contributed by atoms with van der Waals surface area (Å²) in [7, 11) is 3.49. The number of hydrogen-bond acceptors (Lipinski definition) is 7. The first kappa shape index (κ1) is 25.1. The number of carbonyl (C=O) groups is 3. The number of halogens is 1. The lowest BCUT2D eigenvalue weighted by Crippen LogP contribution is -2.49. The van der Waals surface area contributed by atoms with Crippen LogP contribution in [0.15, 0.2) is 36.5 Å². The number of amides is 3. The van der Waals surface area contributed by atoms with Crippen molar-refractivity contribution in [2.45, 2.75) is 13.0 Å². The number of rotatable bonds is 9. The fourth-order valence-electron chi connectivity index (χ4n) is 3.48. The SMILES string of the molecule is CC(=O)[N+](C)(C)CC1CN(c2ccc(-c3ccc(NCCNC(=O)CO)nc3)c(F)c2)C(=O)O1. The van der Waals surface area contributed by atoms with Crippen LogP contribution in [-0.4, -0.2) is 85.5 Å². The van der Waals surface area contributed by atoms with Gasteiger partial charge < -0.3 is 20.5 Å². The maximum atomic E-state index is 14.9. The van der Waals surface area contributed by atoms with Crippen molar-refractivity contribution in [3.63, 3.8) is 0 Å². The largest absolute Gasteiger partial charge is 0.438 e. The van der Waals surface area contributed by atoms with Gasteiger partial charge >= 0.3 is 12.0 Å². The maximum absolute atomic E-state index is 14.9. The number of carbonyl (C=O) groups excluding carboxylic acids is 3. The first-order valence-corrected chi connectivity index (χ1v) is 10.8. The lowest BCUT2D eigenvalue weighted by molar-refractivity contribution is -0.816. The molecule has 1 aliphatic rings. The molecule has 2 aromatic rings. The van der Waals surface area contributed by atoms with E-state index < -0.39 is 30.5 Å². The fourth-order valence-corrected chi connectivity index (χ4v) is 3.48.